The van der Waals surface area contributed by atoms with Crippen LogP contribution in [0.5, 0.6) is 0 Å². The molecule has 0 bridgehead atoms. The zero-order chi connectivity index (χ0) is 31.3. The number of carbonyl (C=O) groups is 2. The normalized spacial score (nSPS) is 19.0. The number of ether oxygens (including phenoxy) is 1. The quantitative estimate of drug-likeness (QED) is 0.340. The van der Waals surface area contributed by atoms with Gasteiger partial charge in [0.1, 0.15) is 0 Å². The largest absolute Gasteiger partial charge is 0.436 e. The van der Waals surface area contributed by atoms with Crippen LogP contribution in [0.3, 0.4) is 0 Å². The SMILES string of the molecule is C.O=C(O[C@H](Cc1ccc(Br)c(Br)c1)C(=O)N1CCN(C2CCNCC2)CC1)N1CCC(n2cc(-c3ccccc3)[nH]c2=O)CC1. The minimum absolute atomic E-state index is 0. The minimum atomic E-state index is -0.922. The van der Waals surface area contributed by atoms with Crippen molar-refractivity contribution in [3.63, 3.8) is 0 Å². The zero-order valence-corrected chi connectivity index (χ0v) is 28.5. The van der Waals surface area contributed by atoms with Gasteiger partial charge in [-0.2, -0.15) is 0 Å². The van der Waals surface area contributed by atoms with Gasteiger partial charge in [0.2, 0.25) is 0 Å². The van der Waals surface area contributed by atoms with Crippen LogP contribution >= 0.6 is 31.9 Å². The molecular weight excluding hydrogens is 716 g/mol. The molecule has 248 valence electrons. The summed E-state index contributed by atoms with van der Waals surface area (Å²) in [6, 6.07) is 16.1. The highest BCUT2D eigenvalue weighted by Gasteiger charge is 2.34. The lowest BCUT2D eigenvalue weighted by Gasteiger charge is -2.41. The number of aromatic amines is 1. The third-order valence-corrected chi connectivity index (χ3v) is 11.2. The molecule has 3 aromatic rings. The van der Waals surface area contributed by atoms with Crippen LogP contribution in [0.4, 0.5) is 4.79 Å². The Labute approximate surface area is 287 Å². The monoisotopic (exact) mass is 758 g/mol. The summed E-state index contributed by atoms with van der Waals surface area (Å²) in [6.45, 7) is 5.89. The maximum atomic E-state index is 13.9. The summed E-state index contributed by atoms with van der Waals surface area (Å²) in [5.41, 5.74) is 2.49. The topological polar surface area (TPSA) is 103 Å². The standard InChI is InChI=1S/C33H40Br2N6O4.CH4/c34-27-7-6-23(20-28(27)35)21-30(31(42)39-18-16-38(17-19-39)25-8-12-36-13-9-25)45-33(44)40-14-10-26(11-15-40)41-22-29(37-32(41)43)24-4-2-1-3-5-24;/h1-7,20,22,25-26,30,36H,8-19,21H2,(H,37,43);1H4/t30-;/m1./s1. The first kappa shape index (κ1) is 34.4. The number of carbonyl (C=O) groups excluding carboxylic acids is 2. The van der Waals surface area contributed by atoms with Gasteiger partial charge in [-0.1, -0.05) is 43.8 Å². The summed E-state index contributed by atoms with van der Waals surface area (Å²) in [4.78, 5) is 49.1. The van der Waals surface area contributed by atoms with Crippen LogP contribution in [0.1, 0.15) is 44.7 Å². The molecule has 12 heteroatoms. The number of H-pyrrole nitrogens is 1. The molecule has 1 atom stereocenters. The molecule has 3 saturated heterocycles. The minimum Gasteiger partial charge on any atom is -0.436 e. The van der Waals surface area contributed by atoms with Gasteiger partial charge in [-0.25, -0.2) is 9.59 Å². The van der Waals surface area contributed by atoms with Gasteiger partial charge in [0.05, 0.1) is 5.69 Å². The predicted molar refractivity (Wildman–Crippen MR) is 187 cm³/mol. The van der Waals surface area contributed by atoms with Crippen LogP contribution in [0.25, 0.3) is 11.3 Å². The molecule has 2 aromatic carbocycles. The van der Waals surface area contributed by atoms with Crippen molar-refractivity contribution >= 4 is 43.9 Å². The van der Waals surface area contributed by atoms with Crippen molar-refractivity contribution in [3.8, 4) is 11.3 Å². The number of hydrogen-bond acceptors (Lipinski definition) is 6. The molecule has 0 aliphatic carbocycles. The Morgan fingerprint density at radius 2 is 1.54 bits per heavy atom. The number of nitrogens with one attached hydrogen (secondary N) is 2. The average molecular weight is 761 g/mol. The molecule has 2 amide bonds. The van der Waals surface area contributed by atoms with Gasteiger partial charge >= 0.3 is 11.8 Å². The van der Waals surface area contributed by atoms with Gasteiger partial charge in [-0.05, 0) is 93.9 Å². The van der Waals surface area contributed by atoms with E-state index < -0.39 is 12.2 Å². The number of likely N-dealkylation sites (tertiary alicyclic amines) is 1. The Morgan fingerprint density at radius 3 is 2.22 bits per heavy atom. The first-order valence-electron chi connectivity index (χ1n) is 15.9. The van der Waals surface area contributed by atoms with Crippen molar-refractivity contribution in [2.45, 2.75) is 57.7 Å². The molecule has 46 heavy (non-hydrogen) atoms. The summed E-state index contributed by atoms with van der Waals surface area (Å²) in [5.74, 6) is -0.144. The molecule has 10 nitrogen and oxygen atoms in total. The van der Waals surface area contributed by atoms with E-state index in [0.29, 0.717) is 51.5 Å². The number of imidazole rings is 1. The summed E-state index contributed by atoms with van der Waals surface area (Å²) < 4.78 is 9.56. The highest BCUT2D eigenvalue weighted by molar-refractivity contribution is 9.13. The lowest BCUT2D eigenvalue weighted by molar-refractivity contribution is -0.143. The smallest absolute Gasteiger partial charge is 0.410 e. The molecule has 1 aromatic heterocycles. The van der Waals surface area contributed by atoms with Crippen molar-refractivity contribution in [3.05, 3.63) is 79.7 Å². The Hall–Kier alpha value is -2.93. The summed E-state index contributed by atoms with van der Waals surface area (Å²) in [6.07, 6.45) is 4.27. The van der Waals surface area contributed by atoms with Crippen LogP contribution in [0.15, 0.2) is 68.5 Å². The number of hydrogen-bond donors (Lipinski definition) is 2. The van der Waals surface area contributed by atoms with Crippen molar-refractivity contribution < 1.29 is 14.3 Å². The van der Waals surface area contributed by atoms with Crippen LogP contribution in [0, 0.1) is 0 Å². The Balaban J connectivity index is 0.00000417. The first-order valence-corrected chi connectivity index (χ1v) is 17.4. The number of nitrogens with zero attached hydrogens (tertiary/aromatic N) is 4. The Bertz CT molecular complexity index is 1520. The third-order valence-electron chi connectivity index (χ3n) is 9.32. The van der Waals surface area contributed by atoms with E-state index in [1.807, 2.05) is 59.6 Å². The summed E-state index contributed by atoms with van der Waals surface area (Å²) in [7, 11) is 0. The van der Waals surface area contributed by atoms with E-state index in [1.54, 1.807) is 9.47 Å². The number of aromatic nitrogens is 2. The van der Waals surface area contributed by atoms with Gasteiger partial charge in [0.15, 0.2) is 6.10 Å². The molecule has 0 unspecified atom stereocenters. The van der Waals surface area contributed by atoms with E-state index in [1.165, 1.54) is 0 Å². The number of piperazine rings is 1. The van der Waals surface area contributed by atoms with E-state index >= 15 is 0 Å². The van der Waals surface area contributed by atoms with E-state index in [9.17, 15) is 14.4 Å². The second-order valence-corrected chi connectivity index (χ2v) is 13.8. The second kappa shape index (κ2) is 15.8. The third kappa shape index (κ3) is 8.13. The maximum absolute atomic E-state index is 13.9. The van der Waals surface area contributed by atoms with Gasteiger partial charge in [-0.3, -0.25) is 14.3 Å². The Kier molecular flexibility index (Phi) is 11.8. The van der Waals surface area contributed by atoms with E-state index in [4.69, 9.17) is 4.74 Å². The van der Waals surface area contributed by atoms with Crippen LogP contribution in [0.2, 0.25) is 0 Å². The molecule has 0 spiro atoms. The van der Waals surface area contributed by atoms with E-state index in [-0.39, 0.29) is 25.1 Å². The zero-order valence-electron chi connectivity index (χ0n) is 25.3. The molecule has 3 aliphatic rings. The predicted octanol–water partition coefficient (Wildman–Crippen LogP) is 5.29. The van der Waals surface area contributed by atoms with E-state index in [0.717, 1.165) is 64.8 Å². The fraction of sp³-hybridized carbons (Fsp3) is 0.500. The number of halogens is 2. The van der Waals surface area contributed by atoms with Gasteiger partial charge in [-0.15, -0.1) is 0 Å². The highest BCUT2D eigenvalue weighted by Crippen LogP contribution is 2.27. The van der Waals surface area contributed by atoms with E-state index in [2.05, 4.69) is 47.1 Å². The van der Waals surface area contributed by atoms with Crippen LogP contribution < -0.4 is 11.0 Å². The lowest BCUT2D eigenvalue weighted by atomic mass is 10.0. The van der Waals surface area contributed by atoms with Crippen LogP contribution in [-0.2, 0) is 16.0 Å². The molecule has 6 rings (SSSR count). The van der Waals surface area contributed by atoms with Gasteiger partial charge in [0.25, 0.3) is 5.91 Å². The number of benzene rings is 2. The molecule has 3 aliphatic heterocycles. The fourth-order valence-corrected chi connectivity index (χ4v) is 7.38. The van der Waals surface area contributed by atoms with Gasteiger partial charge < -0.3 is 24.8 Å². The first-order chi connectivity index (χ1) is 21.9. The summed E-state index contributed by atoms with van der Waals surface area (Å²) in [5, 5.41) is 3.43. The number of piperidine rings is 2. The summed E-state index contributed by atoms with van der Waals surface area (Å²) >= 11 is 7.07. The average Bonchev–Trinajstić information content (AvgIpc) is 3.48. The second-order valence-electron chi connectivity index (χ2n) is 12.1. The molecule has 3 fully saturated rings. The fourth-order valence-electron chi connectivity index (χ4n) is 6.71. The van der Waals surface area contributed by atoms with Crippen molar-refractivity contribution in [1.82, 2.24) is 29.6 Å². The van der Waals surface area contributed by atoms with Crippen molar-refractivity contribution in [1.29, 1.82) is 0 Å². The van der Waals surface area contributed by atoms with Crippen molar-refractivity contribution in [2.75, 3.05) is 52.4 Å². The maximum Gasteiger partial charge on any atom is 0.410 e. The Morgan fingerprint density at radius 1 is 0.848 bits per heavy atom. The molecule has 2 N–H and O–H groups in total. The highest BCUT2D eigenvalue weighted by atomic mass is 79.9. The van der Waals surface area contributed by atoms with Crippen LogP contribution in [-0.4, -0.2) is 101 Å². The molecule has 4 heterocycles. The number of amides is 2. The van der Waals surface area contributed by atoms with Crippen molar-refractivity contribution in [2.24, 2.45) is 0 Å². The van der Waals surface area contributed by atoms with Gasteiger partial charge in [0, 0.05) is 72.9 Å². The lowest BCUT2D eigenvalue weighted by Crippen LogP contribution is -2.56. The molecule has 0 radical (unpaired) electrons. The number of rotatable bonds is 7. The molecular formula is C34H44Br2N6O4. The molecule has 0 saturated carbocycles.